The molecule has 3 heteroatoms. The second-order valence-electron chi connectivity index (χ2n) is 5.24. The molecule has 0 amide bonds. The average molecular weight is 280 g/mol. The molecule has 0 bridgehead atoms. The SMILES string of the molecule is CC[C@H](N)c1ccc(Oc2c(C)cc(C#N)cc2C)cc1. The van der Waals surface area contributed by atoms with E-state index in [-0.39, 0.29) is 6.04 Å². The molecule has 0 spiro atoms. The van der Waals surface area contributed by atoms with Crippen LogP contribution in [-0.4, -0.2) is 0 Å². The molecule has 1 atom stereocenters. The number of nitrogens with zero attached hydrogens (tertiary/aromatic N) is 1. The Balaban J connectivity index is 2.25. The first-order valence-corrected chi connectivity index (χ1v) is 7.10. The Morgan fingerprint density at radius 2 is 1.71 bits per heavy atom. The topological polar surface area (TPSA) is 59.0 Å². The van der Waals surface area contributed by atoms with Gasteiger partial charge in [0.05, 0.1) is 11.6 Å². The van der Waals surface area contributed by atoms with E-state index in [1.165, 1.54) is 0 Å². The summed E-state index contributed by atoms with van der Waals surface area (Å²) in [5.41, 5.74) is 9.69. The Kier molecular flexibility index (Phi) is 4.62. The number of ether oxygens (including phenoxy) is 1. The second-order valence-corrected chi connectivity index (χ2v) is 5.24. The number of benzene rings is 2. The summed E-state index contributed by atoms with van der Waals surface area (Å²) >= 11 is 0. The first-order chi connectivity index (χ1) is 10.0. The highest BCUT2D eigenvalue weighted by Crippen LogP contribution is 2.30. The molecule has 0 aliphatic carbocycles. The molecule has 0 aliphatic heterocycles. The monoisotopic (exact) mass is 280 g/mol. The third-order valence-corrected chi connectivity index (χ3v) is 3.56. The lowest BCUT2D eigenvalue weighted by Gasteiger charge is -2.14. The van der Waals surface area contributed by atoms with Crippen LogP contribution in [0.15, 0.2) is 36.4 Å². The van der Waals surface area contributed by atoms with Gasteiger partial charge in [0.2, 0.25) is 0 Å². The largest absolute Gasteiger partial charge is 0.457 e. The fraction of sp³-hybridized carbons (Fsp3) is 0.278. The van der Waals surface area contributed by atoms with Crippen LogP contribution in [0.4, 0.5) is 0 Å². The molecular weight excluding hydrogens is 260 g/mol. The van der Waals surface area contributed by atoms with Crippen LogP contribution in [-0.2, 0) is 0 Å². The van der Waals surface area contributed by atoms with Crippen molar-refractivity contribution in [3.63, 3.8) is 0 Å². The van der Waals surface area contributed by atoms with Gasteiger partial charge in [0, 0.05) is 6.04 Å². The van der Waals surface area contributed by atoms with Crippen LogP contribution in [0.1, 0.15) is 41.6 Å². The van der Waals surface area contributed by atoms with Gasteiger partial charge in [-0.1, -0.05) is 19.1 Å². The van der Waals surface area contributed by atoms with Crippen LogP contribution in [0.25, 0.3) is 0 Å². The molecule has 0 unspecified atom stereocenters. The van der Waals surface area contributed by atoms with Gasteiger partial charge >= 0.3 is 0 Å². The zero-order valence-corrected chi connectivity index (χ0v) is 12.7. The van der Waals surface area contributed by atoms with Crippen LogP contribution >= 0.6 is 0 Å². The summed E-state index contributed by atoms with van der Waals surface area (Å²) in [4.78, 5) is 0. The van der Waals surface area contributed by atoms with E-state index in [2.05, 4.69) is 13.0 Å². The molecular formula is C18H20N2O. The van der Waals surface area contributed by atoms with Crippen molar-refractivity contribution in [3.8, 4) is 17.6 Å². The van der Waals surface area contributed by atoms with Crippen LogP contribution in [0, 0.1) is 25.2 Å². The number of hydrogen-bond acceptors (Lipinski definition) is 3. The summed E-state index contributed by atoms with van der Waals surface area (Å²) in [6.07, 6.45) is 0.911. The normalized spacial score (nSPS) is 11.8. The van der Waals surface area contributed by atoms with E-state index in [0.717, 1.165) is 34.6 Å². The second kappa shape index (κ2) is 6.43. The smallest absolute Gasteiger partial charge is 0.133 e. The van der Waals surface area contributed by atoms with Gasteiger partial charge in [-0.25, -0.2) is 0 Å². The molecule has 0 saturated carbocycles. The van der Waals surface area contributed by atoms with E-state index in [1.807, 2.05) is 50.2 Å². The van der Waals surface area contributed by atoms with Crippen molar-refractivity contribution >= 4 is 0 Å². The molecule has 2 rings (SSSR count). The van der Waals surface area contributed by atoms with E-state index in [9.17, 15) is 0 Å². The van der Waals surface area contributed by atoms with Crippen molar-refractivity contribution in [2.45, 2.75) is 33.2 Å². The number of hydrogen-bond donors (Lipinski definition) is 1. The van der Waals surface area contributed by atoms with Crippen LogP contribution in [0.5, 0.6) is 11.5 Å². The summed E-state index contributed by atoms with van der Waals surface area (Å²) in [7, 11) is 0. The molecule has 0 fully saturated rings. The standard InChI is InChI=1S/C18H20N2O/c1-4-17(20)15-5-7-16(8-6-15)21-18-12(2)9-14(11-19)10-13(18)3/h5-10,17H,4,20H2,1-3H3/t17-/m0/s1. The lowest BCUT2D eigenvalue weighted by molar-refractivity contribution is 0.474. The van der Waals surface area contributed by atoms with Gasteiger partial charge in [-0.15, -0.1) is 0 Å². The van der Waals surface area contributed by atoms with E-state index in [0.29, 0.717) is 5.56 Å². The van der Waals surface area contributed by atoms with Gasteiger partial charge in [-0.3, -0.25) is 0 Å². The Labute approximate surface area is 126 Å². The third-order valence-electron chi connectivity index (χ3n) is 3.56. The van der Waals surface area contributed by atoms with E-state index < -0.39 is 0 Å². The Hall–Kier alpha value is -2.31. The third kappa shape index (κ3) is 3.42. The minimum atomic E-state index is 0.0671. The van der Waals surface area contributed by atoms with Gasteiger partial charge < -0.3 is 10.5 Å². The zero-order valence-electron chi connectivity index (χ0n) is 12.7. The quantitative estimate of drug-likeness (QED) is 0.904. The van der Waals surface area contributed by atoms with Crippen molar-refractivity contribution in [1.29, 1.82) is 5.26 Å². The molecule has 3 nitrogen and oxygen atoms in total. The molecule has 0 aliphatic rings. The van der Waals surface area contributed by atoms with Crippen molar-refractivity contribution in [1.82, 2.24) is 0 Å². The molecule has 2 aromatic carbocycles. The summed E-state index contributed by atoms with van der Waals surface area (Å²) in [6, 6.07) is 13.8. The molecule has 2 aromatic rings. The van der Waals surface area contributed by atoms with Gasteiger partial charge in [0.1, 0.15) is 11.5 Å². The van der Waals surface area contributed by atoms with E-state index in [1.54, 1.807) is 0 Å². The summed E-state index contributed by atoms with van der Waals surface area (Å²) < 4.78 is 5.96. The van der Waals surface area contributed by atoms with Gasteiger partial charge in [-0.2, -0.15) is 5.26 Å². The summed E-state index contributed by atoms with van der Waals surface area (Å²) in [6.45, 7) is 5.97. The Morgan fingerprint density at radius 3 is 2.19 bits per heavy atom. The highest BCUT2D eigenvalue weighted by atomic mass is 16.5. The molecule has 0 heterocycles. The van der Waals surface area contributed by atoms with Gasteiger partial charge in [0.15, 0.2) is 0 Å². The summed E-state index contributed by atoms with van der Waals surface area (Å²) in [5, 5.41) is 8.97. The fourth-order valence-electron chi connectivity index (χ4n) is 2.31. The maximum Gasteiger partial charge on any atom is 0.133 e. The zero-order chi connectivity index (χ0) is 15.4. The Morgan fingerprint density at radius 1 is 1.14 bits per heavy atom. The average Bonchev–Trinajstić information content (AvgIpc) is 2.50. The molecule has 21 heavy (non-hydrogen) atoms. The first kappa shape index (κ1) is 15.1. The van der Waals surface area contributed by atoms with E-state index in [4.69, 9.17) is 15.7 Å². The van der Waals surface area contributed by atoms with Crippen LogP contribution in [0.2, 0.25) is 0 Å². The fourth-order valence-corrected chi connectivity index (χ4v) is 2.31. The van der Waals surface area contributed by atoms with Gasteiger partial charge in [-0.05, 0) is 61.2 Å². The molecule has 0 radical (unpaired) electrons. The van der Waals surface area contributed by atoms with Crippen LogP contribution in [0.3, 0.4) is 0 Å². The number of nitrogens with two attached hydrogens (primary N) is 1. The lowest BCUT2D eigenvalue weighted by atomic mass is 10.1. The maximum absolute atomic E-state index is 8.97. The van der Waals surface area contributed by atoms with Crippen molar-refractivity contribution < 1.29 is 4.74 Å². The number of rotatable bonds is 4. The first-order valence-electron chi connectivity index (χ1n) is 7.10. The lowest BCUT2D eigenvalue weighted by Crippen LogP contribution is -2.08. The Bertz CT molecular complexity index is 646. The molecule has 2 N–H and O–H groups in total. The van der Waals surface area contributed by atoms with E-state index >= 15 is 0 Å². The van der Waals surface area contributed by atoms with Crippen molar-refractivity contribution in [2.75, 3.05) is 0 Å². The van der Waals surface area contributed by atoms with Crippen LogP contribution < -0.4 is 10.5 Å². The number of nitriles is 1. The number of aryl methyl sites for hydroxylation is 2. The molecule has 0 aromatic heterocycles. The predicted octanol–water partition coefficient (Wildman–Crippen LogP) is 4.38. The molecule has 0 saturated heterocycles. The summed E-state index contributed by atoms with van der Waals surface area (Å²) in [5.74, 6) is 1.58. The minimum absolute atomic E-state index is 0.0671. The highest BCUT2D eigenvalue weighted by Gasteiger charge is 2.09. The maximum atomic E-state index is 8.97. The highest BCUT2D eigenvalue weighted by molar-refractivity contribution is 5.49. The van der Waals surface area contributed by atoms with Crippen molar-refractivity contribution in [3.05, 3.63) is 58.7 Å². The van der Waals surface area contributed by atoms with Gasteiger partial charge in [0.25, 0.3) is 0 Å². The van der Waals surface area contributed by atoms with Crippen molar-refractivity contribution in [2.24, 2.45) is 5.73 Å². The minimum Gasteiger partial charge on any atom is -0.457 e. The predicted molar refractivity (Wildman–Crippen MR) is 84.4 cm³/mol. The molecule has 108 valence electrons.